The molecule has 0 saturated carbocycles. The van der Waals surface area contributed by atoms with Crippen molar-refractivity contribution in [2.24, 2.45) is 0 Å². The minimum atomic E-state index is -0.802. The molecule has 0 heterocycles. The Morgan fingerprint density at radius 2 is 1.09 bits per heavy atom. The van der Waals surface area contributed by atoms with E-state index in [0.29, 0.717) is 6.42 Å². The van der Waals surface area contributed by atoms with Crippen LogP contribution in [0.3, 0.4) is 0 Å². The fourth-order valence-corrected chi connectivity index (χ4v) is 2.94. The van der Waals surface area contributed by atoms with Crippen LogP contribution in [-0.4, -0.2) is 3.42 Å². The first kappa shape index (κ1) is 21.4. The monoisotopic (exact) mass is 414 g/mol. The maximum atomic E-state index is 8.90. The van der Waals surface area contributed by atoms with E-state index in [9.17, 15) is 0 Å². The van der Waals surface area contributed by atoms with Gasteiger partial charge in [0, 0.05) is 0 Å². The average molecular weight is 414 g/mol. The summed E-state index contributed by atoms with van der Waals surface area (Å²) in [5.74, 6) is 0. The van der Waals surface area contributed by atoms with Crippen molar-refractivity contribution in [3.05, 3.63) is 12.7 Å². The quantitative estimate of drug-likeness (QED) is 0.127. The topological polar surface area (TPSA) is 47.6 Å². The normalized spacial score (nSPS) is 10.9. The molecule has 124 valence electrons. The molecule has 0 amide bonds. The van der Waals surface area contributed by atoms with Gasteiger partial charge in [-0.2, -0.15) is 10.5 Å². The van der Waals surface area contributed by atoms with E-state index < -0.39 is 3.42 Å². The lowest BCUT2D eigenvalue weighted by Crippen LogP contribution is -2.14. The van der Waals surface area contributed by atoms with Gasteiger partial charge in [-0.3, -0.25) is 0 Å². The SMILES string of the molecule is C=CCCCCCCCCCCCCCCC(I)(C#N)C#N. The van der Waals surface area contributed by atoms with Crippen LogP contribution in [0, 0.1) is 22.7 Å². The Hall–Kier alpha value is -0.550. The van der Waals surface area contributed by atoms with E-state index in [4.69, 9.17) is 10.5 Å². The predicted molar refractivity (Wildman–Crippen MR) is 103 cm³/mol. The van der Waals surface area contributed by atoms with Gasteiger partial charge >= 0.3 is 0 Å². The zero-order valence-corrected chi connectivity index (χ0v) is 16.1. The van der Waals surface area contributed by atoms with Crippen LogP contribution in [0.5, 0.6) is 0 Å². The van der Waals surface area contributed by atoms with Crippen LogP contribution in [-0.2, 0) is 0 Å². The molecule has 0 radical (unpaired) electrons. The maximum Gasteiger partial charge on any atom is 0.193 e. The molecule has 0 aromatic heterocycles. The Labute approximate surface area is 151 Å². The van der Waals surface area contributed by atoms with Crippen molar-refractivity contribution in [2.75, 3.05) is 0 Å². The molecule has 0 rings (SSSR count). The van der Waals surface area contributed by atoms with Crippen molar-refractivity contribution in [3.63, 3.8) is 0 Å². The molecule has 0 bridgehead atoms. The second kappa shape index (κ2) is 15.3. The van der Waals surface area contributed by atoms with Gasteiger partial charge < -0.3 is 0 Å². The van der Waals surface area contributed by atoms with Crippen LogP contribution in [0.25, 0.3) is 0 Å². The summed E-state index contributed by atoms with van der Waals surface area (Å²) >= 11 is 1.97. The summed E-state index contributed by atoms with van der Waals surface area (Å²) in [4.78, 5) is 0. The third-order valence-corrected chi connectivity index (χ3v) is 5.06. The number of hydrogen-bond donors (Lipinski definition) is 0. The summed E-state index contributed by atoms with van der Waals surface area (Å²) in [6, 6.07) is 4.19. The number of hydrogen-bond acceptors (Lipinski definition) is 2. The number of allylic oxidation sites excluding steroid dienone is 1. The van der Waals surface area contributed by atoms with Crippen LogP contribution in [0.2, 0.25) is 0 Å². The van der Waals surface area contributed by atoms with Crippen molar-refractivity contribution >= 4 is 22.6 Å². The molecule has 0 atom stereocenters. The Kier molecular flexibility index (Phi) is 15.0. The van der Waals surface area contributed by atoms with E-state index >= 15 is 0 Å². The van der Waals surface area contributed by atoms with Gasteiger partial charge in [-0.1, -0.05) is 70.3 Å². The van der Waals surface area contributed by atoms with E-state index in [0.717, 1.165) is 12.8 Å². The third kappa shape index (κ3) is 13.1. The lowest BCUT2D eigenvalue weighted by Gasteiger charge is -2.09. The number of nitrogens with zero attached hydrogens (tertiary/aromatic N) is 2. The highest BCUT2D eigenvalue weighted by Crippen LogP contribution is 2.24. The van der Waals surface area contributed by atoms with Gasteiger partial charge in [0.25, 0.3) is 0 Å². The second-order valence-electron chi connectivity index (χ2n) is 6.09. The van der Waals surface area contributed by atoms with Gasteiger partial charge in [-0.25, -0.2) is 0 Å². The molecule has 22 heavy (non-hydrogen) atoms. The molecule has 0 aromatic carbocycles. The number of rotatable bonds is 15. The fraction of sp³-hybridized carbons (Fsp3) is 0.789. The van der Waals surface area contributed by atoms with E-state index in [2.05, 4.69) is 18.7 Å². The van der Waals surface area contributed by atoms with Crippen LogP contribution >= 0.6 is 22.6 Å². The lowest BCUT2D eigenvalue weighted by molar-refractivity contribution is 0.536. The van der Waals surface area contributed by atoms with Crippen LogP contribution in [0.4, 0.5) is 0 Å². The van der Waals surface area contributed by atoms with Gasteiger partial charge in [-0.15, -0.1) is 6.58 Å². The highest BCUT2D eigenvalue weighted by Gasteiger charge is 2.24. The Bertz CT molecular complexity index is 337. The highest BCUT2D eigenvalue weighted by atomic mass is 127. The molecule has 0 saturated heterocycles. The molecule has 2 nitrogen and oxygen atoms in total. The zero-order chi connectivity index (χ0) is 16.5. The molecule has 0 unspecified atom stereocenters. The molecule has 0 aliphatic rings. The number of halogens is 1. The van der Waals surface area contributed by atoms with Crippen molar-refractivity contribution in [1.82, 2.24) is 0 Å². The molecular formula is C19H31IN2. The first-order chi connectivity index (χ1) is 10.7. The Morgan fingerprint density at radius 3 is 1.45 bits per heavy atom. The minimum Gasteiger partial charge on any atom is -0.196 e. The van der Waals surface area contributed by atoms with E-state index in [-0.39, 0.29) is 0 Å². The predicted octanol–water partition coefficient (Wildman–Crippen LogP) is 6.85. The van der Waals surface area contributed by atoms with Crippen molar-refractivity contribution in [2.45, 2.75) is 93.3 Å². The largest absolute Gasteiger partial charge is 0.196 e. The van der Waals surface area contributed by atoms with Crippen LogP contribution in [0.1, 0.15) is 89.9 Å². The van der Waals surface area contributed by atoms with E-state index in [1.807, 2.05) is 28.7 Å². The maximum absolute atomic E-state index is 8.90. The molecule has 0 aromatic rings. The molecule has 0 N–H and O–H groups in total. The highest BCUT2D eigenvalue weighted by molar-refractivity contribution is 14.1. The summed E-state index contributed by atoms with van der Waals surface area (Å²) in [6.45, 7) is 3.75. The Balaban J connectivity index is 3.20. The smallest absolute Gasteiger partial charge is 0.193 e. The third-order valence-electron chi connectivity index (χ3n) is 4.03. The van der Waals surface area contributed by atoms with Crippen LogP contribution < -0.4 is 0 Å². The summed E-state index contributed by atoms with van der Waals surface area (Å²) < 4.78 is -0.802. The van der Waals surface area contributed by atoms with Gasteiger partial charge in [0.15, 0.2) is 3.42 Å². The first-order valence-corrected chi connectivity index (χ1v) is 9.88. The van der Waals surface area contributed by atoms with Crippen molar-refractivity contribution in [3.8, 4) is 12.1 Å². The number of alkyl halides is 1. The van der Waals surface area contributed by atoms with E-state index in [1.54, 1.807) is 0 Å². The van der Waals surface area contributed by atoms with Crippen molar-refractivity contribution < 1.29 is 0 Å². The molecule has 0 fully saturated rings. The second-order valence-corrected chi connectivity index (χ2v) is 7.94. The zero-order valence-electron chi connectivity index (χ0n) is 14.0. The minimum absolute atomic E-state index is 0.701. The molecular weight excluding hydrogens is 383 g/mol. The Morgan fingerprint density at radius 1 is 0.727 bits per heavy atom. The van der Waals surface area contributed by atoms with E-state index in [1.165, 1.54) is 70.6 Å². The fourth-order valence-electron chi connectivity index (χ4n) is 2.56. The summed E-state index contributed by atoms with van der Waals surface area (Å²) in [5, 5.41) is 17.8. The molecule has 3 heteroatoms. The van der Waals surface area contributed by atoms with Crippen LogP contribution in [0.15, 0.2) is 12.7 Å². The van der Waals surface area contributed by atoms with Gasteiger partial charge in [0.2, 0.25) is 0 Å². The summed E-state index contributed by atoms with van der Waals surface area (Å²) in [7, 11) is 0. The summed E-state index contributed by atoms with van der Waals surface area (Å²) in [6.07, 6.45) is 19.5. The van der Waals surface area contributed by atoms with Crippen molar-refractivity contribution in [1.29, 1.82) is 10.5 Å². The molecule has 0 aliphatic carbocycles. The molecule has 0 aliphatic heterocycles. The summed E-state index contributed by atoms with van der Waals surface area (Å²) in [5.41, 5.74) is 0. The first-order valence-electron chi connectivity index (χ1n) is 8.81. The van der Waals surface area contributed by atoms with Gasteiger partial charge in [-0.05, 0) is 48.3 Å². The number of nitriles is 2. The number of unbranched alkanes of at least 4 members (excludes halogenated alkanes) is 12. The van der Waals surface area contributed by atoms with Gasteiger partial charge in [0.1, 0.15) is 0 Å². The average Bonchev–Trinajstić information content (AvgIpc) is 2.55. The lowest BCUT2D eigenvalue weighted by atomic mass is 10.0. The van der Waals surface area contributed by atoms with Gasteiger partial charge in [0.05, 0.1) is 12.1 Å². The molecule has 0 spiro atoms. The standard InChI is InChI=1S/C19H31IN2/c1-2-3-4-5-6-7-8-9-10-11-12-13-14-15-16-19(20,17-21)18-22/h2H,1,3-16H2.